The number of aromatic nitrogens is 2. The van der Waals surface area contributed by atoms with Crippen LogP contribution in [0.5, 0.6) is 5.88 Å². The molecule has 1 aromatic rings. The highest BCUT2D eigenvalue weighted by molar-refractivity contribution is 5.15. The van der Waals surface area contributed by atoms with Gasteiger partial charge in [0, 0.05) is 0 Å². The molecule has 0 saturated carbocycles. The minimum atomic E-state index is -0.286. The van der Waals surface area contributed by atoms with Crippen LogP contribution in [0.25, 0.3) is 0 Å². The number of hydrogen-bond donors (Lipinski definition) is 2. The summed E-state index contributed by atoms with van der Waals surface area (Å²) in [6.45, 7) is 3.58. The Balaban J connectivity index is 2.69. The SMILES string of the molecule is C=CCCCc1[nH]c(=O)cnc1O. The lowest BCUT2D eigenvalue weighted by Gasteiger charge is -2.00. The van der Waals surface area contributed by atoms with Crippen LogP contribution in [0.4, 0.5) is 0 Å². The maximum absolute atomic E-state index is 10.8. The van der Waals surface area contributed by atoms with Crippen molar-refractivity contribution in [1.82, 2.24) is 9.97 Å². The van der Waals surface area contributed by atoms with Crippen LogP contribution in [0, 0.1) is 0 Å². The quantitative estimate of drug-likeness (QED) is 0.536. The van der Waals surface area contributed by atoms with Crippen LogP contribution in [0.2, 0.25) is 0 Å². The maximum Gasteiger partial charge on any atom is 0.266 e. The van der Waals surface area contributed by atoms with E-state index in [0.29, 0.717) is 12.1 Å². The summed E-state index contributed by atoms with van der Waals surface area (Å²) in [6, 6.07) is 0. The second-order valence-corrected chi connectivity index (χ2v) is 2.73. The number of nitrogens with zero attached hydrogens (tertiary/aromatic N) is 1. The van der Waals surface area contributed by atoms with E-state index >= 15 is 0 Å². The van der Waals surface area contributed by atoms with Gasteiger partial charge in [-0.15, -0.1) is 6.58 Å². The van der Waals surface area contributed by atoms with Gasteiger partial charge in [-0.3, -0.25) is 4.79 Å². The number of aromatic amines is 1. The molecular formula is C9H12N2O2. The molecule has 0 aliphatic carbocycles. The van der Waals surface area contributed by atoms with Crippen molar-refractivity contribution in [2.24, 2.45) is 0 Å². The van der Waals surface area contributed by atoms with Crippen molar-refractivity contribution in [3.05, 3.63) is 34.9 Å². The molecule has 0 saturated heterocycles. The molecule has 1 rings (SSSR count). The van der Waals surface area contributed by atoms with Gasteiger partial charge < -0.3 is 10.1 Å². The normalized spacial score (nSPS) is 9.85. The molecule has 0 aliphatic heterocycles. The molecule has 0 radical (unpaired) electrons. The smallest absolute Gasteiger partial charge is 0.266 e. The Bertz CT molecular complexity index is 344. The second kappa shape index (κ2) is 4.45. The molecule has 0 bridgehead atoms. The van der Waals surface area contributed by atoms with E-state index in [1.165, 1.54) is 0 Å². The van der Waals surface area contributed by atoms with Gasteiger partial charge in [0.15, 0.2) is 0 Å². The molecule has 0 spiro atoms. The molecule has 0 amide bonds. The van der Waals surface area contributed by atoms with Crippen molar-refractivity contribution in [3.8, 4) is 5.88 Å². The molecule has 0 atom stereocenters. The minimum absolute atomic E-state index is 0.0938. The first-order chi connectivity index (χ1) is 6.24. The van der Waals surface area contributed by atoms with Gasteiger partial charge in [0.1, 0.15) is 0 Å². The predicted molar refractivity (Wildman–Crippen MR) is 49.7 cm³/mol. The maximum atomic E-state index is 10.8. The third kappa shape index (κ3) is 2.74. The van der Waals surface area contributed by atoms with Crippen molar-refractivity contribution in [2.75, 3.05) is 0 Å². The Morgan fingerprint density at radius 3 is 3.15 bits per heavy atom. The van der Waals surface area contributed by atoms with Gasteiger partial charge in [0.05, 0.1) is 11.9 Å². The molecule has 70 valence electrons. The highest BCUT2D eigenvalue weighted by Gasteiger charge is 2.01. The molecule has 0 unspecified atom stereocenters. The number of rotatable bonds is 4. The van der Waals surface area contributed by atoms with E-state index in [9.17, 15) is 9.90 Å². The lowest BCUT2D eigenvalue weighted by Crippen LogP contribution is -2.08. The number of nitrogens with one attached hydrogen (secondary N) is 1. The number of unbranched alkanes of at least 4 members (excludes halogenated alkanes) is 1. The van der Waals surface area contributed by atoms with Crippen molar-refractivity contribution in [1.29, 1.82) is 0 Å². The van der Waals surface area contributed by atoms with E-state index in [-0.39, 0.29) is 11.4 Å². The molecule has 13 heavy (non-hydrogen) atoms. The average molecular weight is 180 g/mol. The summed E-state index contributed by atoms with van der Waals surface area (Å²) < 4.78 is 0. The summed E-state index contributed by atoms with van der Waals surface area (Å²) in [6.07, 6.45) is 5.17. The minimum Gasteiger partial charge on any atom is -0.492 e. The van der Waals surface area contributed by atoms with E-state index in [4.69, 9.17) is 0 Å². The highest BCUT2D eigenvalue weighted by atomic mass is 16.3. The molecular weight excluding hydrogens is 168 g/mol. The van der Waals surface area contributed by atoms with Gasteiger partial charge in [0.25, 0.3) is 5.56 Å². The third-order valence-electron chi connectivity index (χ3n) is 1.68. The predicted octanol–water partition coefficient (Wildman–Crippen LogP) is 0.984. The number of H-pyrrole nitrogens is 1. The van der Waals surface area contributed by atoms with Gasteiger partial charge in [-0.25, -0.2) is 4.98 Å². The second-order valence-electron chi connectivity index (χ2n) is 2.73. The first kappa shape index (κ1) is 9.51. The van der Waals surface area contributed by atoms with Crippen LogP contribution in [0.3, 0.4) is 0 Å². The fourth-order valence-corrected chi connectivity index (χ4v) is 1.03. The van der Waals surface area contributed by atoms with Crippen molar-refractivity contribution in [2.45, 2.75) is 19.3 Å². The Hall–Kier alpha value is -1.58. The van der Waals surface area contributed by atoms with Crippen LogP contribution in [-0.4, -0.2) is 15.1 Å². The Kier molecular flexibility index (Phi) is 3.25. The van der Waals surface area contributed by atoms with E-state index < -0.39 is 0 Å². The lowest BCUT2D eigenvalue weighted by molar-refractivity contribution is 0.439. The van der Waals surface area contributed by atoms with E-state index in [2.05, 4.69) is 16.5 Å². The Morgan fingerprint density at radius 2 is 2.46 bits per heavy atom. The third-order valence-corrected chi connectivity index (χ3v) is 1.68. The van der Waals surface area contributed by atoms with Crippen molar-refractivity contribution in [3.63, 3.8) is 0 Å². The molecule has 0 fully saturated rings. The van der Waals surface area contributed by atoms with Crippen LogP contribution in [0.1, 0.15) is 18.5 Å². The molecule has 1 aromatic heterocycles. The van der Waals surface area contributed by atoms with Gasteiger partial charge in [-0.2, -0.15) is 0 Å². The fourth-order valence-electron chi connectivity index (χ4n) is 1.03. The summed E-state index contributed by atoms with van der Waals surface area (Å²) in [5.41, 5.74) is 0.209. The fraction of sp³-hybridized carbons (Fsp3) is 0.333. The number of allylic oxidation sites excluding steroid dienone is 1. The Morgan fingerprint density at radius 1 is 1.69 bits per heavy atom. The molecule has 0 aliphatic rings. The van der Waals surface area contributed by atoms with Gasteiger partial charge in [-0.05, 0) is 19.3 Å². The van der Waals surface area contributed by atoms with Crippen molar-refractivity contribution < 1.29 is 5.11 Å². The number of aryl methyl sites for hydroxylation is 1. The summed E-state index contributed by atoms with van der Waals surface area (Å²) in [4.78, 5) is 16.9. The van der Waals surface area contributed by atoms with E-state index in [1.54, 1.807) is 6.08 Å². The number of aromatic hydroxyl groups is 1. The molecule has 0 aromatic carbocycles. The standard InChI is InChI=1S/C9H12N2O2/c1-2-3-4-5-7-9(13)10-6-8(12)11-7/h2,6H,1,3-5H2,(H,10,13)(H,11,12). The van der Waals surface area contributed by atoms with E-state index in [1.807, 2.05) is 0 Å². The highest BCUT2D eigenvalue weighted by Crippen LogP contribution is 2.10. The summed E-state index contributed by atoms with van der Waals surface area (Å²) in [7, 11) is 0. The average Bonchev–Trinajstić information content (AvgIpc) is 2.11. The molecule has 1 heterocycles. The summed E-state index contributed by atoms with van der Waals surface area (Å²) in [5, 5.41) is 9.23. The first-order valence-corrected chi connectivity index (χ1v) is 4.12. The van der Waals surface area contributed by atoms with Gasteiger partial charge in [-0.1, -0.05) is 6.08 Å². The van der Waals surface area contributed by atoms with Crippen LogP contribution < -0.4 is 5.56 Å². The lowest BCUT2D eigenvalue weighted by atomic mass is 10.2. The van der Waals surface area contributed by atoms with Crippen LogP contribution in [-0.2, 0) is 6.42 Å². The summed E-state index contributed by atoms with van der Waals surface area (Å²) >= 11 is 0. The summed E-state index contributed by atoms with van der Waals surface area (Å²) in [5.74, 6) is -0.0938. The number of hydrogen-bond acceptors (Lipinski definition) is 3. The zero-order chi connectivity index (χ0) is 9.68. The van der Waals surface area contributed by atoms with Crippen LogP contribution in [0.15, 0.2) is 23.6 Å². The van der Waals surface area contributed by atoms with E-state index in [0.717, 1.165) is 19.0 Å². The zero-order valence-corrected chi connectivity index (χ0v) is 7.29. The Labute approximate surface area is 76.0 Å². The first-order valence-electron chi connectivity index (χ1n) is 4.12. The monoisotopic (exact) mass is 180 g/mol. The van der Waals surface area contributed by atoms with Gasteiger partial charge in [0.2, 0.25) is 5.88 Å². The zero-order valence-electron chi connectivity index (χ0n) is 7.29. The molecule has 4 nitrogen and oxygen atoms in total. The largest absolute Gasteiger partial charge is 0.492 e. The molecule has 4 heteroatoms. The van der Waals surface area contributed by atoms with Crippen molar-refractivity contribution >= 4 is 0 Å². The van der Waals surface area contributed by atoms with Gasteiger partial charge >= 0.3 is 0 Å². The molecule has 2 N–H and O–H groups in total. The topological polar surface area (TPSA) is 66.0 Å². The van der Waals surface area contributed by atoms with Crippen LogP contribution >= 0.6 is 0 Å².